The number of hydrogen-bond acceptors (Lipinski definition) is 0. The predicted molar refractivity (Wildman–Crippen MR) is 82.5 cm³/mol. The number of hydrogen-bond donors (Lipinski definition) is 0. The summed E-state index contributed by atoms with van der Waals surface area (Å²) in [5, 5.41) is 0. The van der Waals surface area contributed by atoms with Gasteiger partial charge in [-0.1, -0.05) is 55.4 Å². The Bertz CT molecular complexity index is 242. The van der Waals surface area contributed by atoms with E-state index >= 15 is 0 Å². The molecule has 0 aromatic carbocycles. The minimum absolute atomic E-state index is 0.831. The first-order chi connectivity index (χ1) is 8.25. The van der Waals surface area contributed by atoms with Crippen LogP contribution in [-0.2, 0) is 0 Å². The first-order valence-electron chi connectivity index (χ1n) is 8.25. The van der Waals surface area contributed by atoms with Crippen LogP contribution < -0.4 is 0 Å². The van der Waals surface area contributed by atoms with Crippen LogP contribution in [0.1, 0.15) is 68.2 Å². The molecule has 1 fully saturated rings. The van der Waals surface area contributed by atoms with Crippen LogP contribution in [0.3, 0.4) is 0 Å². The summed E-state index contributed by atoms with van der Waals surface area (Å²) in [5.74, 6) is 7.01. The van der Waals surface area contributed by atoms with E-state index in [-0.39, 0.29) is 0 Å². The van der Waals surface area contributed by atoms with Crippen molar-refractivity contribution in [3.8, 4) is 0 Å². The Hall–Kier alpha value is 0. The van der Waals surface area contributed by atoms with Gasteiger partial charge in [0.1, 0.15) is 0 Å². The van der Waals surface area contributed by atoms with Crippen LogP contribution in [0.15, 0.2) is 0 Å². The third kappa shape index (κ3) is 3.52. The lowest BCUT2D eigenvalue weighted by molar-refractivity contribution is 0.142. The molecule has 0 N–H and O–H groups in total. The highest BCUT2D eigenvalue weighted by Crippen LogP contribution is 2.42. The Morgan fingerprint density at radius 3 is 1.56 bits per heavy atom. The van der Waals surface area contributed by atoms with E-state index in [0.717, 1.165) is 47.3 Å². The first-order valence-corrected chi connectivity index (χ1v) is 8.25. The fraction of sp³-hybridized carbons (Fsp3) is 1.00. The molecule has 1 aliphatic carbocycles. The van der Waals surface area contributed by atoms with Gasteiger partial charge in [0.15, 0.2) is 0 Å². The average molecular weight is 252 g/mol. The molecule has 0 radical (unpaired) electrons. The minimum atomic E-state index is 0.831. The molecule has 18 heavy (non-hydrogen) atoms. The van der Waals surface area contributed by atoms with Gasteiger partial charge in [0.2, 0.25) is 0 Å². The van der Waals surface area contributed by atoms with Crippen molar-refractivity contribution in [3.63, 3.8) is 0 Å². The smallest absolute Gasteiger partial charge is 0.0360 e. The molecular formula is C18H36. The molecule has 0 aliphatic heterocycles. The molecule has 0 bridgehead atoms. The second-order valence-electron chi connectivity index (χ2n) is 7.89. The maximum absolute atomic E-state index is 2.51. The van der Waals surface area contributed by atoms with Crippen molar-refractivity contribution < 1.29 is 0 Å². The van der Waals surface area contributed by atoms with Crippen molar-refractivity contribution in [2.24, 2.45) is 47.3 Å². The first kappa shape index (κ1) is 16.1. The minimum Gasteiger partial charge on any atom is -0.0625 e. The highest BCUT2D eigenvalue weighted by Gasteiger charge is 2.34. The monoisotopic (exact) mass is 252 g/mol. The highest BCUT2D eigenvalue weighted by molar-refractivity contribution is 4.84. The molecule has 7 atom stereocenters. The third-order valence-electron chi connectivity index (χ3n) is 6.44. The van der Waals surface area contributed by atoms with Crippen LogP contribution >= 0.6 is 0 Å². The Balaban J connectivity index is 2.96. The summed E-state index contributed by atoms with van der Waals surface area (Å²) >= 11 is 0. The van der Waals surface area contributed by atoms with Crippen molar-refractivity contribution in [3.05, 3.63) is 0 Å². The van der Waals surface area contributed by atoms with Crippen LogP contribution in [-0.4, -0.2) is 0 Å². The van der Waals surface area contributed by atoms with E-state index in [9.17, 15) is 0 Å². The maximum atomic E-state index is 2.51. The van der Waals surface area contributed by atoms with Gasteiger partial charge < -0.3 is 0 Å². The topological polar surface area (TPSA) is 0 Å². The second-order valence-corrected chi connectivity index (χ2v) is 7.89. The zero-order chi connectivity index (χ0) is 14.0. The summed E-state index contributed by atoms with van der Waals surface area (Å²) in [4.78, 5) is 0. The van der Waals surface area contributed by atoms with Gasteiger partial charge in [-0.3, -0.25) is 0 Å². The second kappa shape index (κ2) is 6.44. The summed E-state index contributed by atoms with van der Waals surface area (Å²) in [5.41, 5.74) is 0. The third-order valence-corrected chi connectivity index (χ3v) is 6.44. The molecule has 0 amide bonds. The van der Waals surface area contributed by atoms with Crippen LogP contribution in [0.2, 0.25) is 0 Å². The lowest BCUT2D eigenvalue weighted by Crippen LogP contribution is -2.28. The fourth-order valence-electron chi connectivity index (χ4n) is 4.22. The van der Waals surface area contributed by atoms with Gasteiger partial charge in [0, 0.05) is 0 Å². The van der Waals surface area contributed by atoms with Crippen molar-refractivity contribution in [1.29, 1.82) is 0 Å². The van der Waals surface area contributed by atoms with Crippen molar-refractivity contribution in [1.82, 2.24) is 0 Å². The summed E-state index contributed by atoms with van der Waals surface area (Å²) in [7, 11) is 0. The predicted octanol–water partition coefficient (Wildman–Crippen LogP) is 5.87. The molecule has 0 nitrogen and oxygen atoms in total. The molecule has 108 valence electrons. The fourth-order valence-corrected chi connectivity index (χ4v) is 4.22. The zero-order valence-electron chi connectivity index (χ0n) is 14.0. The van der Waals surface area contributed by atoms with E-state index in [1.54, 1.807) is 0 Å². The average Bonchev–Trinajstić information content (AvgIpc) is 2.33. The summed E-state index contributed by atoms with van der Waals surface area (Å²) in [6.07, 6.45) is 2.85. The van der Waals surface area contributed by atoms with Crippen molar-refractivity contribution in [2.45, 2.75) is 68.2 Å². The molecule has 1 rings (SSSR count). The van der Waals surface area contributed by atoms with Crippen LogP contribution in [0.25, 0.3) is 0 Å². The van der Waals surface area contributed by atoms with Gasteiger partial charge in [-0.15, -0.1) is 0 Å². The molecular weight excluding hydrogens is 216 g/mol. The van der Waals surface area contributed by atoms with Gasteiger partial charge in [0.25, 0.3) is 0 Å². The van der Waals surface area contributed by atoms with E-state index < -0.39 is 0 Å². The molecule has 0 heteroatoms. The molecule has 0 heterocycles. The van der Waals surface area contributed by atoms with Crippen molar-refractivity contribution >= 4 is 0 Å². The summed E-state index contributed by atoms with van der Waals surface area (Å²) in [6, 6.07) is 0. The van der Waals surface area contributed by atoms with E-state index in [4.69, 9.17) is 0 Å². The largest absolute Gasteiger partial charge is 0.0625 e. The molecule has 1 saturated carbocycles. The lowest BCUT2D eigenvalue weighted by Gasteiger charge is -2.35. The quantitative estimate of drug-likeness (QED) is 0.547. The standard InChI is InChI=1S/C18H36/c1-11(2)18-10-14(5)15(6)12(3)9-13(4)16(7)17(18)8/h11-18H,9-10H2,1-8H3. The van der Waals surface area contributed by atoms with E-state index in [1.165, 1.54) is 12.8 Å². The highest BCUT2D eigenvalue weighted by atomic mass is 14.4. The Labute approximate surface area is 116 Å². The summed E-state index contributed by atoms with van der Waals surface area (Å²) in [6.45, 7) is 19.8. The van der Waals surface area contributed by atoms with E-state index in [2.05, 4.69) is 55.4 Å². The zero-order valence-corrected chi connectivity index (χ0v) is 14.0. The number of rotatable bonds is 1. The Morgan fingerprint density at radius 1 is 0.611 bits per heavy atom. The Kier molecular flexibility index (Phi) is 5.74. The molecule has 7 unspecified atom stereocenters. The van der Waals surface area contributed by atoms with Gasteiger partial charge in [-0.25, -0.2) is 0 Å². The molecule has 1 aliphatic rings. The molecule has 0 spiro atoms. The molecule has 0 aromatic rings. The van der Waals surface area contributed by atoms with E-state index in [1.807, 2.05) is 0 Å². The van der Waals surface area contributed by atoms with E-state index in [0.29, 0.717) is 0 Å². The van der Waals surface area contributed by atoms with Crippen molar-refractivity contribution in [2.75, 3.05) is 0 Å². The summed E-state index contributed by atoms with van der Waals surface area (Å²) < 4.78 is 0. The van der Waals surface area contributed by atoms with Gasteiger partial charge in [-0.05, 0) is 60.2 Å². The van der Waals surface area contributed by atoms with Gasteiger partial charge >= 0.3 is 0 Å². The van der Waals surface area contributed by atoms with Gasteiger partial charge in [-0.2, -0.15) is 0 Å². The van der Waals surface area contributed by atoms with Gasteiger partial charge in [0.05, 0.1) is 0 Å². The maximum Gasteiger partial charge on any atom is -0.0360 e. The Morgan fingerprint density at radius 2 is 1.06 bits per heavy atom. The molecule has 0 aromatic heterocycles. The van der Waals surface area contributed by atoms with Crippen LogP contribution in [0.5, 0.6) is 0 Å². The SMILES string of the molecule is CC(C)C1CC(C)C(C)C(C)CC(C)C(C)C1C. The lowest BCUT2D eigenvalue weighted by atomic mass is 9.70. The normalized spacial score (nSPS) is 47.5. The molecule has 0 saturated heterocycles. The van der Waals surface area contributed by atoms with Crippen LogP contribution in [0.4, 0.5) is 0 Å². The van der Waals surface area contributed by atoms with Crippen LogP contribution in [0, 0.1) is 47.3 Å².